The van der Waals surface area contributed by atoms with Crippen LogP contribution in [0.5, 0.6) is 0 Å². The zero-order valence-corrected chi connectivity index (χ0v) is 16.3. The number of rotatable bonds is 11. The number of hydrogen-bond donors (Lipinski definition) is 3. The predicted molar refractivity (Wildman–Crippen MR) is 104 cm³/mol. The molecule has 1 amide bonds. The molecule has 26 heavy (non-hydrogen) atoms. The van der Waals surface area contributed by atoms with Crippen LogP contribution in [-0.2, 0) is 4.79 Å². The third-order valence-electron chi connectivity index (χ3n) is 4.56. The number of furan rings is 1. The standard InChI is InChI=1S/C19H33N5O2/c1-4-20-19(22-12-11-21-18(25)15-9-10-15)23-14-16(24(5-2)6-3)17-8-7-13-26-17/h7-8,13,15-16H,4-6,9-12,14H2,1-3H3,(H,21,25)(H2,20,22,23). The van der Waals surface area contributed by atoms with Crippen LogP contribution in [0.15, 0.2) is 27.8 Å². The molecule has 0 aliphatic heterocycles. The van der Waals surface area contributed by atoms with Gasteiger partial charge in [-0.05, 0) is 45.0 Å². The molecule has 0 saturated heterocycles. The van der Waals surface area contributed by atoms with Gasteiger partial charge in [0.05, 0.1) is 18.8 Å². The van der Waals surface area contributed by atoms with E-state index in [-0.39, 0.29) is 17.9 Å². The molecule has 7 nitrogen and oxygen atoms in total. The molecule has 1 aliphatic carbocycles. The fourth-order valence-electron chi connectivity index (χ4n) is 2.91. The average molecular weight is 364 g/mol. The van der Waals surface area contributed by atoms with Crippen LogP contribution in [0.25, 0.3) is 0 Å². The van der Waals surface area contributed by atoms with Crippen LogP contribution in [0.1, 0.15) is 45.4 Å². The summed E-state index contributed by atoms with van der Waals surface area (Å²) in [6.45, 7) is 10.9. The normalized spacial score (nSPS) is 15.8. The summed E-state index contributed by atoms with van der Waals surface area (Å²) in [6, 6.07) is 4.04. The Balaban J connectivity index is 1.88. The van der Waals surface area contributed by atoms with Crippen molar-refractivity contribution < 1.29 is 9.21 Å². The van der Waals surface area contributed by atoms with Crippen molar-refractivity contribution >= 4 is 11.9 Å². The Hall–Kier alpha value is -2.02. The minimum absolute atomic E-state index is 0.116. The van der Waals surface area contributed by atoms with Crippen LogP contribution in [0.3, 0.4) is 0 Å². The van der Waals surface area contributed by atoms with E-state index in [0.717, 1.165) is 44.2 Å². The number of amides is 1. The number of carbonyl (C=O) groups excluding carboxylic acids is 1. The maximum Gasteiger partial charge on any atom is 0.223 e. The zero-order chi connectivity index (χ0) is 18.8. The Kier molecular flexibility index (Phi) is 8.47. The molecule has 0 radical (unpaired) electrons. The summed E-state index contributed by atoms with van der Waals surface area (Å²) in [5.74, 6) is 2.12. The van der Waals surface area contributed by atoms with Crippen molar-refractivity contribution in [1.82, 2.24) is 20.9 Å². The molecule has 2 rings (SSSR count). The molecule has 0 aromatic carbocycles. The molecule has 3 N–H and O–H groups in total. The highest BCUT2D eigenvalue weighted by Gasteiger charge is 2.29. The van der Waals surface area contributed by atoms with E-state index in [9.17, 15) is 4.79 Å². The SMILES string of the molecule is CCNC(=NCC(c1ccco1)N(CC)CC)NCCNC(=O)C1CC1. The first-order valence-corrected chi connectivity index (χ1v) is 9.76. The highest BCUT2D eigenvalue weighted by molar-refractivity contribution is 5.81. The molecule has 1 atom stereocenters. The topological polar surface area (TPSA) is 81.9 Å². The fourth-order valence-corrected chi connectivity index (χ4v) is 2.91. The monoisotopic (exact) mass is 363 g/mol. The van der Waals surface area contributed by atoms with Gasteiger partial charge in [0.2, 0.25) is 5.91 Å². The summed E-state index contributed by atoms with van der Waals surface area (Å²) >= 11 is 0. The molecule has 1 fully saturated rings. The van der Waals surface area contributed by atoms with Gasteiger partial charge in [-0.1, -0.05) is 13.8 Å². The van der Waals surface area contributed by atoms with Crippen molar-refractivity contribution in [2.45, 2.75) is 39.7 Å². The van der Waals surface area contributed by atoms with Crippen molar-refractivity contribution in [3.05, 3.63) is 24.2 Å². The van der Waals surface area contributed by atoms with Crippen molar-refractivity contribution in [3.63, 3.8) is 0 Å². The number of nitrogens with one attached hydrogen (secondary N) is 3. The van der Waals surface area contributed by atoms with E-state index in [1.165, 1.54) is 0 Å². The fraction of sp³-hybridized carbons (Fsp3) is 0.684. The number of nitrogens with zero attached hydrogens (tertiary/aromatic N) is 2. The molecule has 1 aromatic rings. The lowest BCUT2D eigenvalue weighted by atomic mass is 10.2. The number of guanidine groups is 1. The number of carbonyl (C=O) groups is 1. The lowest BCUT2D eigenvalue weighted by Gasteiger charge is -2.27. The largest absolute Gasteiger partial charge is 0.468 e. The molecule has 1 aromatic heterocycles. The molecule has 1 saturated carbocycles. The minimum atomic E-state index is 0.116. The van der Waals surface area contributed by atoms with Crippen LogP contribution < -0.4 is 16.0 Å². The van der Waals surface area contributed by atoms with Crippen LogP contribution in [0, 0.1) is 5.92 Å². The third-order valence-corrected chi connectivity index (χ3v) is 4.56. The van der Waals surface area contributed by atoms with Crippen LogP contribution >= 0.6 is 0 Å². The third kappa shape index (κ3) is 6.37. The van der Waals surface area contributed by atoms with Gasteiger partial charge in [0.1, 0.15) is 5.76 Å². The number of likely N-dealkylation sites (N-methyl/N-ethyl adjacent to an activating group) is 1. The number of aliphatic imine (C=N–C) groups is 1. The highest BCUT2D eigenvalue weighted by atomic mass is 16.3. The van der Waals surface area contributed by atoms with Gasteiger partial charge in [0.25, 0.3) is 0 Å². The first-order chi connectivity index (χ1) is 12.7. The van der Waals surface area contributed by atoms with Gasteiger partial charge >= 0.3 is 0 Å². The second-order valence-corrected chi connectivity index (χ2v) is 6.46. The Bertz CT molecular complexity index is 550. The Morgan fingerprint density at radius 2 is 1.96 bits per heavy atom. The smallest absolute Gasteiger partial charge is 0.223 e. The molecular formula is C19H33N5O2. The van der Waals surface area contributed by atoms with Gasteiger partial charge in [-0.2, -0.15) is 0 Å². The van der Waals surface area contributed by atoms with Crippen molar-refractivity contribution in [3.8, 4) is 0 Å². The van der Waals surface area contributed by atoms with Crippen molar-refractivity contribution in [2.75, 3.05) is 39.3 Å². The van der Waals surface area contributed by atoms with Gasteiger partial charge in [-0.3, -0.25) is 14.7 Å². The second kappa shape index (κ2) is 10.9. The van der Waals surface area contributed by atoms with Gasteiger partial charge in [0, 0.05) is 25.6 Å². The quantitative estimate of drug-likeness (QED) is 0.317. The summed E-state index contributed by atoms with van der Waals surface area (Å²) in [6.07, 6.45) is 3.77. The minimum Gasteiger partial charge on any atom is -0.468 e. The molecule has 1 aliphatic rings. The van der Waals surface area contributed by atoms with E-state index in [1.54, 1.807) is 6.26 Å². The molecule has 7 heteroatoms. The zero-order valence-electron chi connectivity index (χ0n) is 16.3. The Morgan fingerprint density at radius 3 is 2.54 bits per heavy atom. The summed E-state index contributed by atoms with van der Waals surface area (Å²) in [5.41, 5.74) is 0. The maximum atomic E-state index is 11.7. The summed E-state index contributed by atoms with van der Waals surface area (Å²) in [5, 5.41) is 9.50. The lowest BCUT2D eigenvalue weighted by molar-refractivity contribution is -0.122. The Morgan fingerprint density at radius 1 is 1.23 bits per heavy atom. The number of hydrogen-bond acceptors (Lipinski definition) is 4. The second-order valence-electron chi connectivity index (χ2n) is 6.46. The van der Waals surface area contributed by atoms with E-state index in [1.807, 2.05) is 19.1 Å². The van der Waals surface area contributed by atoms with Gasteiger partial charge < -0.3 is 20.4 Å². The first kappa shape index (κ1) is 20.3. The van der Waals surface area contributed by atoms with Crippen molar-refractivity contribution in [2.24, 2.45) is 10.9 Å². The first-order valence-electron chi connectivity index (χ1n) is 9.76. The summed E-state index contributed by atoms with van der Waals surface area (Å²) in [4.78, 5) is 18.7. The molecule has 1 heterocycles. The average Bonchev–Trinajstić information content (AvgIpc) is 3.37. The van der Waals surface area contributed by atoms with E-state index in [2.05, 4.69) is 34.7 Å². The predicted octanol–water partition coefficient (Wildman–Crippen LogP) is 1.74. The van der Waals surface area contributed by atoms with Gasteiger partial charge in [0.15, 0.2) is 5.96 Å². The van der Waals surface area contributed by atoms with Crippen molar-refractivity contribution in [1.29, 1.82) is 0 Å². The van der Waals surface area contributed by atoms with E-state index >= 15 is 0 Å². The van der Waals surface area contributed by atoms with E-state index in [0.29, 0.717) is 19.6 Å². The summed E-state index contributed by atoms with van der Waals surface area (Å²) in [7, 11) is 0. The lowest BCUT2D eigenvalue weighted by Crippen LogP contribution is -2.42. The molecule has 0 bridgehead atoms. The van der Waals surface area contributed by atoms with Crippen LogP contribution in [0.4, 0.5) is 0 Å². The molecule has 1 unspecified atom stereocenters. The Labute approximate surface area is 156 Å². The van der Waals surface area contributed by atoms with Gasteiger partial charge in [-0.15, -0.1) is 0 Å². The van der Waals surface area contributed by atoms with Crippen LogP contribution in [-0.4, -0.2) is 56.0 Å². The molecule has 146 valence electrons. The molecular weight excluding hydrogens is 330 g/mol. The van der Waals surface area contributed by atoms with Gasteiger partial charge in [-0.25, -0.2) is 0 Å². The highest BCUT2D eigenvalue weighted by Crippen LogP contribution is 2.28. The summed E-state index contributed by atoms with van der Waals surface area (Å²) < 4.78 is 5.63. The maximum absolute atomic E-state index is 11.7. The van der Waals surface area contributed by atoms with E-state index in [4.69, 9.17) is 9.41 Å². The van der Waals surface area contributed by atoms with Crippen LogP contribution in [0.2, 0.25) is 0 Å². The molecule has 0 spiro atoms. The van der Waals surface area contributed by atoms with E-state index < -0.39 is 0 Å².